The van der Waals surface area contributed by atoms with Gasteiger partial charge in [-0.25, -0.2) is 8.42 Å². The van der Waals surface area contributed by atoms with Crippen LogP contribution < -0.4 is 14.4 Å². The molecule has 33 heavy (non-hydrogen) atoms. The van der Waals surface area contributed by atoms with Crippen LogP contribution in [0.2, 0.25) is 5.02 Å². The minimum absolute atomic E-state index is 0.102. The number of hydrogen-bond acceptors (Lipinski definition) is 4. The number of nitrogens with zero attached hydrogens (tertiary/aromatic N) is 1. The third-order valence-corrected chi connectivity index (χ3v) is 7.04. The van der Waals surface area contributed by atoms with E-state index in [-0.39, 0.29) is 18.0 Å². The van der Waals surface area contributed by atoms with E-state index in [0.29, 0.717) is 28.6 Å². The minimum atomic E-state index is -4.01. The number of benzene rings is 3. The summed E-state index contributed by atoms with van der Waals surface area (Å²) in [6.07, 6.45) is 0. The normalized spacial score (nSPS) is 11.2. The predicted octanol–water partition coefficient (Wildman–Crippen LogP) is 4.87. The molecule has 0 bridgehead atoms. The fraction of sp³-hybridized carbons (Fsp3) is 0.240. The SMILES string of the molecule is CCOc1cccc(CNC(=O)CN(c2cc(Cl)ccc2C)S(=O)(=O)c2ccc(C)cc2)c1. The lowest BCUT2D eigenvalue weighted by Gasteiger charge is -2.26. The predicted molar refractivity (Wildman–Crippen MR) is 131 cm³/mol. The van der Waals surface area contributed by atoms with E-state index in [9.17, 15) is 13.2 Å². The van der Waals surface area contributed by atoms with E-state index in [4.69, 9.17) is 16.3 Å². The monoisotopic (exact) mass is 486 g/mol. The van der Waals surface area contributed by atoms with Gasteiger partial charge in [0.25, 0.3) is 10.0 Å². The molecule has 0 atom stereocenters. The first-order chi connectivity index (χ1) is 15.7. The van der Waals surface area contributed by atoms with Crippen molar-refractivity contribution in [3.63, 3.8) is 0 Å². The molecule has 1 N–H and O–H groups in total. The number of aryl methyl sites for hydroxylation is 2. The summed E-state index contributed by atoms with van der Waals surface area (Å²) in [6, 6.07) is 18.9. The van der Waals surface area contributed by atoms with Crippen molar-refractivity contribution in [2.24, 2.45) is 0 Å². The Morgan fingerprint density at radius 1 is 1.03 bits per heavy atom. The lowest BCUT2D eigenvalue weighted by atomic mass is 10.2. The lowest BCUT2D eigenvalue weighted by molar-refractivity contribution is -0.119. The van der Waals surface area contributed by atoms with Gasteiger partial charge in [0, 0.05) is 11.6 Å². The largest absolute Gasteiger partial charge is 0.494 e. The number of ether oxygens (including phenoxy) is 1. The van der Waals surface area contributed by atoms with E-state index in [1.165, 1.54) is 12.1 Å². The number of halogens is 1. The molecule has 3 aromatic carbocycles. The van der Waals surface area contributed by atoms with Gasteiger partial charge in [-0.1, -0.05) is 47.5 Å². The van der Waals surface area contributed by atoms with Crippen molar-refractivity contribution < 1.29 is 17.9 Å². The molecule has 0 aliphatic heterocycles. The Labute approximate surface area is 200 Å². The zero-order chi connectivity index (χ0) is 24.0. The second-order valence-electron chi connectivity index (χ2n) is 7.61. The zero-order valence-corrected chi connectivity index (χ0v) is 20.4. The van der Waals surface area contributed by atoms with Crippen LogP contribution in [0.1, 0.15) is 23.6 Å². The van der Waals surface area contributed by atoms with Crippen LogP contribution in [0.5, 0.6) is 5.75 Å². The maximum absolute atomic E-state index is 13.5. The van der Waals surface area contributed by atoms with Crippen molar-refractivity contribution in [3.8, 4) is 5.75 Å². The molecule has 174 valence electrons. The summed E-state index contributed by atoms with van der Waals surface area (Å²) in [7, 11) is -4.01. The number of hydrogen-bond donors (Lipinski definition) is 1. The molecule has 3 aromatic rings. The van der Waals surface area contributed by atoms with Gasteiger partial charge >= 0.3 is 0 Å². The van der Waals surface area contributed by atoms with Crippen molar-refractivity contribution in [3.05, 3.63) is 88.4 Å². The topological polar surface area (TPSA) is 75.7 Å². The highest BCUT2D eigenvalue weighted by molar-refractivity contribution is 7.92. The van der Waals surface area contributed by atoms with Crippen LogP contribution in [0.15, 0.2) is 71.6 Å². The molecule has 0 radical (unpaired) electrons. The number of nitrogens with one attached hydrogen (secondary N) is 1. The summed E-state index contributed by atoms with van der Waals surface area (Å²) < 4.78 is 33.6. The molecule has 0 spiro atoms. The summed E-state index contributed by atoms with van der Waals surface area (Å²) >= 11 is 6.16. The highest BCUT2D eigenvalue weighted by atomic mass is 35.5. The lowest BCUT2D eigenvalue weighted by Crippen LogP contribution is -2.41. The van der Waals surface area contributed by atoms with Gasteiger partial charge in [0.1, 0.15) is 12.3 Å². The first-order valence-corrected chi connectivity index (χ1v) is 12.4. The fourth-order valence-electron chi connectivity index (χ4n) is 3.29. The third kappa shape index (κ3) is 6.27. The summed E-state index contributed by atoms with van der Waals surface area (Å²) in [5.41, 5.74) is 2.83. The average molecular weight is 487 g/mol. The number of anilines is 1. The van der Waals surface area contributed by atoms with E-state index in [1.807, 2.05) is 38.1 Å². The minimum Gasteiger partial charge on any atom is -0.494 e. The quantitative estimate of drug-likeness (QED) is 0.468. The third-order valence-electron chi connectivity index (χ3n) is 5.04. The average Bonchev–Trinajstić information content (AvgIpc) is 2.78. The van der Waals surface area contributed by atoms with Crippen LogP contribution in [0.3, 0.4) is 0 Å². The summed E-state index contributed by atoms with van der Waals surface area (Å²) in [5, 5.41) is 3.18. The number of amides is 1. The number of sulfonamides is 1. The standard InChI is InChI=1S/C25H27ClN2O4S/c1-4-32-22-7-5-6-20(14-22)16-27-25(29)17-28(24-15-21(26)11-10-19(24)3)33(30,31)23-12-8-18(2)9-13-23/h5-15H,4,16-17H2,1-3H3,(H,27,29). The van der Waals surface area contributed by atoms with Crippen LogP contribution >= 0.6 is 11.6 Å². The number of rotatable bonds is 9. The Kier molecular flexibility index (Phi) is 8.00. The highest BCUT2D eigenvalue weighted by Gasteiger charge is 2.28. The molecule has 0 aromatic heterocycles. The first-order valence-electron chi connectivity index (χ1n) is 10.5. The first kappa shape index (κ1) is 24.6. The molecule has 1 amide bonds. The van der Waals surface area contributed by atoms with Crippen LogP contribution in [-0.2, 0) is 21.4 Å². The summed E-state index contributed by atoms with van der Waals surface area (Å²) in [6.45, 7) is 5.95. The number of carbonyl (C=O) groups is 1. The van der Waals surface area contributed by atoms with Crippen molar-refractivity contribution in [2.75, 3.05) is 17.5 Å². The van der Waals surface area contributed by atoms with Gasteiger partial charge in [0.15, 0.2) is 0 Å². The van der Waals surface area contributed by atoms with Crippen LogP contribution in [0, 0.1) is 13.8 Å². The van der Waals surface area contributed by atoms with E-state index in [1.54, 1.807) is 37.3 Å². The van der Waals surface area contributed by atoms with Crippen molar-refractivity contribution in [1.29, 1.82) is 0 Å². The Hall–Kier alpha value is -3.03. The molecule has 0 saturated heterocycles. The van der Waals surface area contributed by atoms with E-state index in [2.05, 4.69) is 5.32 Å². The van der Waals surface area contributed by atoms with Gasteiger partial charge in [-0.15, -0.1) is 0 Å². The molecular weight excluding hydrogens is 460 g/mol. The van der Waals surface area contributed by atoms with Gasteiger partial charge in [-0.05, 0) is 68.3 Å². The van der Waals surface area contributed by atoms with Gasteiger partial charge in [0.2, 0.25) is 5.91 Å². The van der Waals surface area contributed by atoms with Gasteiger partial charge in [-0.2, -0.15) is 0 Å². The fourth-order valence-corrected chi connectivity index (χ4v) is 4.93. The molecule has 0 unspecified atom stereocenters. The summed E-state index contributed by atoms with van der Waals surface area (Å²) in [5.74, 6) is 0.272. The van der Waals surface area contributed by atoms with E-state index >= 15 is 0 Å². The molecular formula is C25H27ClN2O4S. The van der Waals surface area contributed by atoms with E-state index in [0.717, 1.165) is 15.4 Å². The van der Waals surface area contributed by atoms with Crippen molar-refractivity contribution in [1.82, 2.24) is 5.32 Å². The van der Waals surface area contributed by atoms with Gasteiger partial charge in [-0.3, -0.25) is 9.10 Å². The van der Waals surface area contributed by atoms with Crippen LogP contribution in [-0.4, -0.2) is 27.5 Å². The maximum atomic E-state index is 13.5. The Morgan fingerprint density at radius 2 is 1.76 bits per heavy atom. The van der Waals surface area contributed by atoms with Gasteiger partial charge < -0.3 is 10.1 Å². The molecule has 6 nitrogen and oxygen atoms in total. The Morgan fingerprint density at radius 3 is 2.45 bits per heavy atom. The second kappa shape index (κ2) is 10.7. The number of carbonyl (C=O) groups excluding carboxylic acids is 1. The van der Waals surface area contributed by atoms with E-state index < -0.39 is 15.9 Å². The van der Waals surface area contributed by atoms with Crippen molar-refractivity contribution >= 4 is 33.2 Å². The zero-order valence-electron chi connectivity index (χ0n) is 18.8. The Balaban J connectivity index is 1.87. The molecule has 3 rings (SSSR count). The van der Waals surface area contributed by atoms with Gasteiger partial charge in [0.05, 0.1) is 17.2 Å². The van der Waals surface area contributed by atoms with Crippen molar-refractivity contribution in [2.45, 2.75) is 32.2 Å². The highest BCUT2D eigenvalue weighted by Crippen LogP contribution is 2.29. The summed E-state index contributed by atoms with van der Waals surface area (Å²) in [4.78, 5) is 13.0. The van der Waals surface area contributed by atoms with Crippen LogP contribution in [0.25, 0.3) is 0 Å². The molecule has 0 aliphatic rings. The molecule has 0 aliphatic carbocycles. The Bertz CT molecular complexity index is 1230. The maximum Gasteiger partial charge on any atom is 0.264 e. The van der Waals surface area contributed by atoms with Crippen LogP contribution in [0.4, 0.5) is 5.69 Å². The molecule has 0 saturated carbocycles. The molecule has 0 heterocycles. The molecule has 8 heteroatoms. The smallest absolute Gasteiger partial charge is 0.264 e. The second-order valence-corrected chi connectivity index (χ2v) is 9.91. The molecule has 0 fully saturated rings.